The summed E-state index contributed by atoms with van der Waals surface area (Å²) >= 11 is 2.31. The summed E-state index contributed by atoms with van der Waals surface area (Å²) in [6.07, 6.45) is 5.54. The SMILES string of the molecule is ICCOCCOCC1CCCC1. The predicted molar refractivity (Wildman–Crippen MR) is 62.5 cm³/mol. The Labute approximate surface area is 94.5 Å². The summed E-state index contributed by atoms with van der Waals surface area (Å²) in [6, 6.07) is 0. The summed E-state index contributed by atoms with van der Waals surface area (Å²) in [7, 11) is 0. The zero-order chi connectivity index (χ0) is 9.36. The van der Waals surface area contributed by atoms with Crippen molar-refractivity contribution in [3.8, 4) is 0 Å². The van der Waals surface area contributed by atoms with Gasteiger partial charge in [0, 0.05) is 11.0 Å². The zero-order valence-electron chi connectivity index (χ0n) is 8.14. The highest BCUT2D eigenvalue weighted by Gasteiger charge is 2.14. The van der Waals surface area contributed by atoms with E-state index in [-0.39, 0.29) is 0 Å². The second-order valence-corrected chi connectivity index (χ2v) is 4.61. The molecule has 13 heavy (non-hydrogen) atoms. The molecule has 78 valence electrons. The van der Waals surface area contributed by atoms with Crippen LogP contribution in [0.5, 0.6) is 0 Å². The van der Waals surface area contributed by atoms with Crippen molar-refractivity contribution in [2.24, 2.45) is 5.92 Å². The second-order valence-electron chi connectivity index (χ2n) is 3.53. The fraction of sp³-hybridized carbons (Fsp3) is 1.00. The van der Waals surface area contributed by atoms with Gasteiger partial charge in [0.15, 0.2) is 0 Å². The van der Waals surface area contributed by atoms with Gasteiger partial charge in [-0.1, -0.05) is 35.4 Å². The highest BCUT2D eigenvalue weighted by Crippen LogP contribution is 2.24. The van der Waals surface area contributed by atoms with Crippen LogP contribution < -0.4 is 0 Å². The molecule has 0 atom stereocenters. The third-order valence-electron chi connectivity index (χ3n) is 2.42. The van der Waals surface area contributed by atoms with Gasteiger partial charge in [-0.05, 0) is 18.8 Å². The molecule has 0 heterocycles. The largest absolute Gasteiger partial charge is 0.379 e. The summed E-state index contributed by atoms with van der Waals surface area (Å²) in [4.78, 5) is 0. The predicted octanol–water partition coefficient (Wildman–Crippen LogP) is 2.64. The van der Waals surface area contributed by atoms with Crippen molar-refractivity contribution in [3.05, 3.63) is 0 Å². The first-order valence-corrected chi connectivity index (χ1v) is 6.67. The van der Waals surface area contributed by atoms with Crippen LogP contribution in [0.4, 0.5) is 0 Å². The zero-order valence-corrected chi connectivity index (χ0v) is 10.3. The van der Waals surface area contributed by atoms with E-state index in [1.54, 1.807) is 0 Å². The van der Waals surface area contributed by atoms with Gasteiger partial charge in [-0.15, -0.1) is 0 Å². The van der Waals surface area contributed by atoms with Gasteiger partial charge >= 0.3 is 0 Å². The van der Waals surface area contributed by atoms with Crippen molar-refractivity contribution in [2.75, 3.05) is 30.9 Å². The van der Waals surface area contributed by atoms with Crippen LogP contribution in [0.3, 0.4) is 0 Å². The molecule has 0 N–H and O–H groups in total. The van der Waals surface area contributed by atoms with Crippen molar-refractivity contribution in [2.45, 2.75) is 25.7 Å². The summed E-state index contributed by atoms with van der Waals surface area (Å²) in [5, 5.41) is 0. The average Bonchev–Trinajstić information content (AvgIpc) is 2.63. The summed E-state index contributed by atoms with van der Waals surface area (Å²) in [5.41, 5.74) is 0. The minimum Gasteiger partial charge on any atom is -0.379 e. The van der Waals surface area contributed by atoms with Crippen LogP contribution in [0, 0.1) is 5.92 Å². The Bertz CT molecular complexity index is 113. The molecule has 0 bridgehead atoms. The Morgan fingerprint density at radius 2 is 1.69 bits per heavy atom. The molecule has 1 aliphatic rings. The van der Waals surface area contributed by atoms with Crippen LogP contribution in [0.25, 0.3) is 0 Å². The lowest BCUT2D eigenvalue weighted by Gasteiger charge is -2.09. The van der Waals surface area contributed by atoms with Gasteiger partial charge in [0.1, 0.15) is 0 Å². The van der Waals surface area contributed by atoms with Crippen LogP contribution in [-0.4, -0.2) is 30.9 Å². The molecule has 0 aromatic carbocycles. The first-order chi connectivity index (χ1) is 6.43. The molecule has 0 radical (unpaired) electrons. The van der Waals surface area contributed by atoms with E-state index in [1.165, 1.54) is 25.7 Å². The smallest absolute Gasteiger partial charge is 0.0700 e. The minimum absolute atomic E-state index is 0.760. The molecule has 3 heteroatoms. The molecule has 1 rings (SSSR count). The van der Waals surface area contributed by atoms with E-state index in [2.05, 4.69) is 22.6 Å². The Morgan fingerprint density at radius 3 is 2.38 bits per heavy atom. The number of halogens is 1. The molecule has 0 amide bonds. The molecule has 0 saturated heterocycles. The highest BCUT2D eigenvalue weighted by atomic mass is 127. The van der Waals surface area contributed by atoms with Crippen molar-refractivity contribution >= 4 is 22.6 Å². The summed E-state index contributed by atoms with van der Waals surface area (Å²) in [5.74, 6) is 0.838. The third kappa shape index (κ3) is 5.86. The monoisotopic (exact) mass is 298 g/mol. The molecule has 2 nitrogen and oxygen atoms in total. The molecular formula is C10H19IO2. The molecule has 1 fully saturated rings. The Morgan fingerprint density at radius 1 is 1.00 bits per heavy atom. The van der Waals surface area contributed by atoms with E-state index in [4.69, 9.17) is 9.47 Å². The molecule has 0 spiro atoms. The molecule has 1 saturated carbocycles. The first kappa shape index (κ1) is 11.7. The minimum atomic E-state index is 0.760. The van der Waals surface area contributed by atoms with E-state index in [0.717, 1.165) is 36.8 Å². The fourth-order valence-corrected chi connectivity index (χ4v) is 2.01. The lowest BCUT2D eigenvalue weighted by atomic mass is 10.1. The van der Waals surface area contributed by atoms with Crippen molar-refractivity contribution in [3.63, 3.8) is 0 Å². The molecule has 0 aliphatic heterocycles. The van der Waals surface area contributed by atoms with E-state index in [1.807, 2.05) is 0 Å². The normalized spacial score (nSPS) is 18.2. The van der Waals surface area contributed by atoms with E-state index in [0.29, 0.717) is 0 Å². The van der Waals surface area contributed by atoms with Crippen LogP contribution in [0.2, 0.25) is 0 Å². The van der Waals surface area contributed by atoms with E-state index < -0.39 is 0 Å². The maximum Gasteiger partial charge on any atom is 0.0700 e. The first-order valence-electron chi connectivity index (χ1n) is 5.15. The number of hydrogen-bond donors (Lipinski definition) is 0. The average molecular weight is 298 g/mol. The van der Waals surface area contributed by atoms with Crippen molar-refractivity contribution < 1.29 is 9.47 Å². The molecule has 0 aromatic rings. The van der Waals surface area contributed by atoms with Gasteiger partial charge in [0.2, 0.25) is 0 Å². The Hall–Kier alpha value is 0.650. The molecule has 0 aromatic heterocycles. The maximum absolute atomic E-state index is 5.54. The third-order valence-corrected chi connectivity index (χ3v) is 2.86. The number of rotatable bonds is 7. The lowest BCUT2D eigenvalue weighted by Crippen LogP contribution is -2.10. The van der Waals surface area contributed by atoms with Gasteiger partial charge < -0.3 is 9.47 Å². The highest BCUT2D eigenvalue weighted by molar-refractivity contribution is 14.1. The van der Waals surface area contributed by atoms with Gasteiger partial charge in [-0.3, -0.25) is 0 Å². The van der Waals surface area contributed by atoms with Gasteiger partial charge in [0.25, 0.3) is 0 Å². The Kier molecular flexibility index (Phi) is 7.21. The van der Waals surface area contributed by atoms with Crippen LogP contribution in [0.1, 0.15) is 25.7 Å². The summed E-state index contributed by atoms with van der Waals surface area (Å²) < 4.78 is 11.9. The lowest BCUT2D eigenvalue weighted by molar-refractivity contribution is 0.0395. The van der Waals surface area contributed by atoms with Crippen molar-refractivity contribution in [1.82, 2.24) is 0 Å². The van der Waals surface area contributed by atoms with Crippen molar-refractivity contribution in [1.29, 1.82) is 0 Å². The van der Waals surface area contributed by atoms with E-state index >= 15 is 0 Å². The number of ether oxygens (including phenoxy) is 2. The van der Waals surface area contributed by atoms with Crippen LogP contribution in [0.15, 0.2) is 0 Å². The summed E-state index contributed by atoms with van der Waals surface area (Å²) in [6.45, 7) is 3.34. The standard InChI is InChI=1S/C10H19IO2/c11-5-6-12-7-8-13-9-10-3-1-2-4-10/h10H,1-9H2. The Balaban J connectivity index is 1.78. The second kappa shape index (κ2) is 8.00. The number of alkyl halides is 1. The maximum atomic E-state index is 5.54. The van der Waals surface area contributed by atoms with Crippen LogP contribution >= 0.6 is 22.6 Å². The molecule has 0 unspecified atom stereocenters. The molecular weight excluding hydrogens is 279 g/mol. The number of hydrogen-bond acceptors (Lipinski definition) is 2. The topological polar surface area (TPSA) is 18.5 Å². The van der Waals surface area contributed by atoms with Gasteiger partial charge in [0.05, 0.1) is 19.8 Å². The van der Waals surface area contributed by atoms with Gasteiger partial charge in [-0.2, -0.15) is 0 Å². The molecule has 1 aliphatic carbocycles. The quantitative estimate of drug-likeness (QED) is 0.409. The van der Waals surface area contributed by atoms with Crippen LogP contribution in [-0.2, 0) is 9.47 Å². The van der Waals surface area contributed by atoms with E-state index in [9.17, 15) is 0 Å². The fourth-order valence-electron chi connectivity index (χ4n) is 1.70. The van der Waals surface area contributed by atoms with Gasteiger partial charge in [-0.25, -0.2) is 0 Å².